The average Bonchev–Trinajstić information content (AvgIpc) is 2.73. The third-order valence-electron chi connectivity index (χ3n) is 5.95. The van der Waals surface area contributed by atoms with Crippen LogP contribution in [0.5, 0.6) is 0 Å². The predicted molar refractivity (Wildman–Crippen MR) is 129 cm³/mol. The standard InChI is InChI=1S/C21H34N4O2.3ClH/c1-2-24-9-11-25(12-10-24)16-19-6-4-3-5-18(19)15-23-21(26)20(22)17-7-13-27-14-8-17;;;/h3-6,17,20H,2,7-16,22H2,1H3,(H,23,26);3*1H. The zero-order valence-electron chi connectivity index (χ0n) is 17.8. The summed E-state index contributed by atoms with van der Waals surface area (Å²) < 4.78 is 5.37. The minimum atomic E-state index is -0.441. The summed E-state index contributed by atoms with van der Waals surface area (Å²) in [5.74, 6) is 0.178. The lowest BCUT2D eigenvalue weighted by Gasteiger charge is -2.34. The van der Waals surface area contributed by atoms with Gasteiger partial charge in [0, 0.05) is 52.5 Å². The van der Waals surface area contributed by atoms with Crippen LogP contribution in [-0.4, -0.2) is 67.7 Å². The van der Waals surface area contributed by atoms with Gasteiger partial charge >= 0.3 is 0 Å². The lowest BCUT2D eigenvalue weighted by Crippen LogP contribution is -2.47. The van der Waals surface area contributed by atoms with Crippen LogP contribution in [0, 0.1) is 5.92 Å². The van der Waals surface area contributed by atoms with E-state index in [0.717, 1.165) is 52.1 Å². The number of ether oxygens (including phenoxy) is 1. The lowest BCUT2D eigenvalue weighted by atomic mass is 9.92. The lowest BCUT2D eigenvalue weighted by molar-refractivity contribution is -0.124. The molecule has 2 aliphatic heterocycles. The smallest absolute Gasteiger partial charge is 0.237 e. The van der Waals surface area contributed by atoms with E-state index in [1.54, 1.807) is 0 Å². The van der Waals surface area contributed by atoms with Crippen LogP contribution >= 0.6 is 37.2 Å². The van der Waals surface area contributed by atoms with Crippen molar-refractivity contribution < 1.29 is 9.53 Å². The minimum Gasteiger partial charge on any atom is -0.381 e. The molecular weight excluding hydrogens is 447 g/mol. The van der Waals surface area contributed by atoms with Crippen LogP contribution in [0.1, 0.15) is 30.9 Å². The second kappa shape index (κ2) is 15.2. The molecule has 0 spiro atoms. The topological polar surface area (TPSA) is 70.8 Å². The number of nitrogens with one attached hydrogen (secondary N) is 1. The number of benzene rings is 1. The SMILES string of the molecule is CCN1CCN(Cc2ccccc2CNC(=O)C(N)C2CCOCC2)CC1.Cl.Cl.Cl. The molecule has 1 unspecified atom stereocenters. The summed E-state index contributed by atoms with van der Waals surface area (Å²) in [6, 6.07) is 7.96. The average molecular weight is 484 g/mol. The first-order chi connectivity index (χ1) is 13.2. The van der Waals surface area contributed by atoms with Crippen LogP contribution in [0.4, 0.5) is 0 Å². The molecule has 2 heterocycles. The number of hydrogen-bond acceptors (Lipinski definition) is 5. The molecule has 1 atom stereocenters. The van der Waals surface area contributed by atoms with Gasteiger partial charge in [0.15, 0.2) is 0 Å². The number of nitrogens with zero attached hydrogens (tertiary/aromatic N) is 2. The Hall–Kier alpha value is -0.600. The number of hydrogen-bond donors (Lipinski definition) is 2. The summed E-state index contributed by atoms with van der Waals surface area (Å²) in [7, 11) is 0. The molecule has 2 aliphatic rings. The van der Waals surface area contributed by atoms with E-state index < -0.39 is 6.04 Å². The van der Waals surface area contributed by atoms with Gasteiger partial charge in [0.2, 0.25) is 5.91 Å². The summed E-state index contributed by atoms with van der Waals surface area (Å²) in [4.78, 5) is 17.5. The summed E-state index contributed by atoms with van der Waals surface area (Å²) >= 11 is 0. The van der Waals surface area contributed by atoms with Crippen molar-refractivity contribution in [1.29, 1.82) is 0 Å². The van der Waals surface area contributed by atoms with Gasteiger partial charge in [-0.15, -0.1) is 37.2 Å². The first kappa shape index (κ1) is 29.4. The number of piperazine rings is 1. The molecule has 1 aromatic carbocycles. The molecule has 1 aromatic rings. The van der Waals surface area contributed by atoms with Crippen molar-refractivity contribution in [1.82, 2.24) is 15.1 Å². The van der Waals surface area contributed by atoms with Crippen LogP contribution in [-0.2, 0) is 22.6 Å². The Morgan fingerprint density at radius 3 is 2.23 bits per heavy atom. The summed E-state index contributed by atoms with van der Waals surface area (Å²) in [5.41, 5.74) is 8.67. The molecule has 0 saturated carbocycles. The number of carbonyl (C=O) groups excluding carboxylic acids is 1. The van der Waals surface area contributed by atoms with E-state index in [9.17, 15) is 4.79 Å². The highest BCUT2D eigenvalue weighted by molar-refractivity contribution is 5.86. The first-order valence-corrected chi connectivity index (χ1v) is 10.3. The molecule has 6 nitrogen and oxygen atoms in total. The van der Waals surface area contributed by atoms with E-state index in [2.05, 4.69) is 40.2 Å². The second-order valence-corrected chi connectivity index (χ2v) is 7.67. The van der Waals surface area contributed by atoms with Crippen molar-refractivity contribution in [2.45, 2.75) is 38.9 Å². The van der Waals surface area contributed by atoms with Crippen molar-refractivity contribution in [3.63, 3.8) is 0 Å². The van der Waals surface area contributed by atoms with Crippen LogP contribution in [0.15, 0.2) is 24.3 Å². The Morgan fingerprint density at radius 2 is 1.63 bits per heavy atom. The number of likely N-dealkylation sites (N-methyl/N-ethyl adjacent to an activating group) is 1. The molecule has 0 aliphatic carbocycles. The zero-order chi connectivity index (χ0) is 19.1. The van der Waals surface area contributed by atoms with E-state index >= 15 is 0 Å². The van der Waals surface area contributed by atoms with Crippen molar-refractivity contribution in [2.75, 3.05) is 45.9 Å². The molecule has 3 rings (SSSR count). The molecule has 174 valence electrons. The highest BCUT2D eigenvalue weighted by Gasteiger charge is 2.26. The van der Waals surface area contributed by atoms with Gasteiger partial charge < -0.3 is 20.7 Å². The maximum absolute atomic E-state index is 12.5. The Balaban J connectivity index is 0.00000280. The summed E-state index contributed by atoms with van der Waals surface area (Å²) in [5, 5.41) is 3.06. The molecule has 2 saturated heterocycles. The van der Waals surface area contributed by atoms with Gasteiger partial charge in [0.05, 0.1) is 6.04 Å². The normalized spacial score (nSPS) is 19.0. The number of amides is 1. The molecule has 3 N–H and O–H groups in total. The maximum Gasteiger partial charge on any atom is 0.237 e. The van der Waals surface area contributed by atoms with Crippen molar-refractivity contribution >= 4 is 43.1 Å². The van der Waals surface area contributed by atoms with E-state index in [1.165, 1.54) is 11.1 Å². The van der Waals surface area contributed by atoms with E-state index in [4.69, 9.17) is 10.5 Å². The summed E-state index contributed by atoms with van der Waals surface area (Å²) in [6.07, 6.45) is 1.74. The van der Waals surface area contributed by atoms with Gasteiger partial charge in [-0.1, -0.05) is 31.2 Å². The molecular formula is C21H37Cl3N4O2. The highest BCUT2D eigenvalue weighted by Crippen LogP contribution is 2.18. The van der Waals surface area contributed by atoms with E-state index in [1.807, 2.05) is 6.07 Å². The van der Waals surface area contributed by atoms with Gasteiger partial charge in [-0.25, -0.2) is 0 Å². The molecule has 0 aromatic heterocycles. The van der Waals surface area contributed by atoms with Gasteiger partial charge in [0.1, 0.15) is 0 Å². The second-order valence-electron chi connectivity index (χ2n) is 7.67. The molecule has 0 radical (unpaired) electrons. The number of carbonyl (C=O) groups is 1. The van der Waals surface area contributed by atoms with Crippen LogP contribution in [0.25, 0.3) is 0 Å². The Morgan fingerprint density at radius 1 is 1.07 bits per heavy atom. The van der Waals surface area contributed by atoms with Crippen LogP contribution < -0.4 is 11.1 Å². The Bertz CT molecular complexity index is 610. The monoisotopic (exact) mass is 482 g/mol. The predicted octanol–water partition coefficient (Wildman–Crippen LogP) is 2.46. The third kappa shape index (κ3) is 8.50. The van der Waals surface area contributed by atoms with Crippen molar-refractivity contribution in [3.05, 3.63) is 35.4 Å². The van der Waals surface area contributed by atoms with E-state index in [0.29, 0.717) is 19.8 Å². The first-order valence-electron chi connectivity index (χ1n) is 10.3. The van der Waals surface area contributed by atoms with Gasteiger partial charge in [-0.2, -0.15) is 0 Å². The number of nitrogens with two attached hydrogens (primary N) is 1. The molecule has 0 bridgehead atoms. The molecule has 30 heavy (non-hydrogen) atoms. The van der Waals surface area contributed by atoms with Gasteiger partial charge in [-0.05, 0) is 36.4 Å². The number of rotatable bonds is 7. The Labute approximate surface area is 199 Å². The molecule has 1 amide bonds. The van der Waals surface area contributed by atoms with Crippen molar-refractivity contribution in [2.24, 2.45) is 11.7 Å². The fraction of sp³-hybridized carbons (Fsp3) is 0.667. The third-order valence-corrected chi connectivity index (χ3v) is 5.95. The van der Waals surface area contributed by atoms with Gasteiger partial charge in [0.25, 0.3) is 0 Å². The van der Waals surface area contributed by atoms with Gasteiger partial charge in [-0.3, -0.25) is 9.69 Å². The quantitative estimate of drug-likeness (QED) is 0.623. The largest absolute Gasteiger partial charge is 0.381 e. The maximum atomic E-state index is 12.5. The number of halogens is 3. The van der Waals surface area contributed by atoms with Crippen LogP contribution in [0.2, 0.25) is 0 Å². The molecule has 9 heteroatoms. The zero-order valence-corrected chi connectivity index (χ0v) is 20.2. The summed E-state index contributed by atoms with van der Waals surface area (Å²) in [6.45, 7) is 10.7. The van der Waals surface area contributed by atoms with E-state index in [-0.39, 0.29) is 49.0 Å². The van der Waals surface area contributed by atoms with Crippen LogP contribution in [0.3, 0.4) is 0 Å². The molecule has 2 fully saturated rings. The Kier molecular flexibility index (Phi) is 14.9. The highest BCUT2D eigenvalue weighted by atomic mass is 35.5. The minimum absolute atomic E-state index is 0. The van der Waals surface area contributed by atoms with Crippen molar-refractivity contribution in [3.8, 4) is 0 Å². The fourth-order valence-corrected chi connectivity index (χ4v) is 3.98. The fourth-order valence-electron chi connectivity index (χ4n) is 3.98.